The largest absolute Gasteiger partial charge is 0.350 e. The van der Waals surface area contributed by atoms with Crippen LogP contribution >= 0.6 is 0 Å². The molecular weight excluding hydrogens is 306 g/mol. The van der Waals surface area contributed by atoms with E-state index >= 15 is 0 Å². The summed E-state index contributed by atoms with van der Waals surface area (Å²) in [5.74, 6) is -0.170. The molecule has 24 heavy (non-hydrogen) atoms. The average molecular weight is 325 g/mol. The van der Waals surface area contributed by atoms with Gasteiger partial charge in [-0.1, -0.05) is 30.3 Å². The van der Waals surface area contributed by atoms with Crippen LogP contribution in [0.4, 0.5) is 0 Å². The minimum absolute atomic E-state index is 0.170. The van der Waals surface area contributed by atoms with Crippen LogP contribution in [0.5, 0.6) is 0 Å². The first-order valence-electron chi connectivity index (χ1n) is 7.62. The van der Waals surface area contributed by atoms with E-state index in [1.807, 2.05) is 55.9 Å². The third kappa shape index (κ3) is 3.03. The fourth-order valence-corrected chi connectivity index (χ4v) is 2.69. The molecule has 8 heteroatoms. The van der Waals surface area contributed by atoms with Crippen LogP contribution in [0.1, 0.15) is 28.6 Å². The number of carbonyl (C=O) groups excluding carboxylic acids is 1. The number of tetrazole rings is 1. The zero-order chi connectivity index (χ0) is 17.1. The first-order valence-corrected chi connectivity index (χ1v) is 7.62. The summed E-state index contributed by atoms with van der Waals surface area (Å²) in [6.45, 7) is 4.33. The molecule has 0 aliphatic rings. The number of carbonyl (C=O) groups is 1. The molecule has 0 bridgehead atoms. The quantitative estimate of drug-likeness (QED) is 0.753. The lowest BCUT2D eigenvalue weighted by Gasteiger charge is -2.16. The van der Waals surface area contributed by atoms with E-state index in [1.54, 1.807) is 0 Å². The van der Waals surface area contributed by atoms with E-state index in [0.717, 1.165) is 22.5 Å². The number of aryl methyl sites for hydroxylation is 2. The molecule has 0 fully saturated rings. The zero-order valence-electron chi connectivity index (χ0n) is 13.8. The van der Waals surface area contributed by atoms with E-state index in [0.29, 0.717) is 6.54 Å². The highest BCUT2D eigenvalue weighted by Gasteiger charge is 2.24. The smallest absolute Gasteiger partial charge is 0.249 e. The molecule has 2 heterocycles. The van der Waals surface area contributed by atoms with Gasteiger partial charge in [-0.2, -0.15) is 5.10 Å². The monoisotopic (exact) mass is 325 g/mol. The van der Waals surface area contributed by atoms with Crippen molar-refractivity contribution < 1.29 is 4.79 Å². The van der Waals surface area contributed by atoms with Gasteiger partial charge >= 0.3 is 0 Å². The van der Waals surface area contributed by atoms with E-state index in [4.69, 9.17) is 0 Å². The van der Waals surface area contributed by atoms with Crippen LogP contribution in [-0.2, 0) is 18.4 Å². The first-order chi connectivity index (χ1) is 11.6. The van der Waals surface area contributed by atoms with Gasteiger partial charge in [0.05, 0.1) is 5.69 Å². The third-order valence-electron chi connectivity index (χ3n) is 4.09. The molecule has 124 valence electrons. The first kappa shape index (κ1) is 15.9. The van der Waals surface area contributed by atoms with Crippen molar-refractivity contribution in [3.8, 4) is 0 Å². The highest BCUT2D eigenvalue weighted by Crippen LogP contribution is 2.18. The minimum Gasteiger partial charge on any atom is -0.350 e. The summed E-state index contributed by atoms with van der Waals surface area (Å²) >= 11 is 0. The number of aromatic nitrogens is 6. The molecular formula is C16H19N7O. The number of benzene rings is 1. The summed E-state index contributed by atoms with van der Waals surface area (Å²) < 4.78 is 3.26. The number of amides is 1. The third-order valence-corrected chi connectivity index (χ3v) is 4.09. The van der Waals surface area contributed by atoms with E-state index < -0.39 is 6.04 Å². The van der Waals surface area contributed by atoms with Crippen molar-refractivity contribution in [2.75, 3.05) is 0 Å². The summed E-state index contributed by atoms with van der Waals surface area (Å²) in [5.41, 5.74) is 3.79. The Morgan fingerprint density at radius 3 is 2.58 bits per heavy atom. The van der Waals surface area contributed by atoms with E-state index in [2.05, 4.69) is 25.9 Å². The highest BCUT2D eigenvalue weighted by atomic mass is 16.2. The zero-order valence-corrected chi connectivity index (χ0v) is 13.8. The van der Waals surface area contributed by atoms with Crippen molar-refractivity contribution in [1.82, 2.24) is 35.3 Å². The van der Waals surface area contributed by atoms with Crippen molar-refractivity contribution in [1.29, 1.82) is 0 Å². The lowest BCUT2D eigenvalue weighted by Crippen LogP contribution is -2.33. The van der Waals surface area contributed by atoms with Crippen LogP contribution in [-0.4, -0.2) is 35.9 Å². The highest BCUT2D eigenvalue weighted by molar-refractivity contribution is 5.83. The van der Waals surface area contributed by atoms with Gasteiger partial charge in [0.15, 0.2) is 6.04 Å². The van der Waals surface area contributed by atoms with Crippen molar-refractivity contribution >= 4 is 5.91 Å². The second kappa shape index (κ2) is 6.61. The van der Waals surface area contributed by atoms with Crippen LogP contribution in [0.3, 0.4) is 0 Å². The number of rotatable bonds is 5. The van der Waals surface area contributed by atoms with Crippen LogP contribution in [0.2, 0.25) is 0 Å². The van der Waals surface area contributed by atoms with Crippen LogP contribution in [0, 0.1) is 13.8 Å². The van der Waals surface area contributed by atoms with Crippen molar-refractivity contribution in [3.05, 3.63) is 59.2 Å². The molecule has 3 aromatic rings. The lowest BCUT2D eigenvalue weighted by atomic mass is 10.1. The van der Waals surface area contributed by atoms with Crippen LogP contribution in [0.25, 0.3) is 0 Å². The molecule has 3 rings (SSSR count). The van der Waals surface area contributed by atoms with Gasteiger partial charge in [-0.25, -0.2) is 4.68 Å². The Morgan fingerprint density at radius 1 is 1.25 bits per heavy atom. The van der Waals surface area contributed by atoms with E-state index in [-0.39, 0.29) is 5.91 Å². The number of hydrogen-bond donors (Lipinski definition) is 1. The summed E-state index contributed by atoms with van der Waals surface area (Å²) in [5, 5.41) is 18.5. The van der Waals surface area contributed by atoms with Crippen LogP contribution < -0.4 is 5.32 Å². The minimum atomic E-state index is -0.613. The summed E-state index contributed by atoms with van der Waals surface area (Å²) in [6, 6.07) is 8.82. The van der Waals surface area contributed by atoms with E-state index in [9.17, 15) is 4.79 Å². The Kier molecular flexibility index (Phi) is 4.37. The lowest BCUT2D eigenvalue weighted by molar-refractivity contribution is -0.123. The topological polar surface area (TPSA) is 90.5 Å². The fraction of sp³-hybridized carbons (Fsp3) is 0.312. The van der Waals surface area contributed by atoms with Gasteiger partial charge in [-0.05, 0) is 29.8 Å². The van der Waals surface area contributed by atoms with Gasteiger partial charge in [-0.15, -0.1) is 5.10 Å². The standard InChI is InChI=1S/C16H19N7O/c1-11-14(12(2)22(3)19-11)9-17-16(24)15(23-10-18-20-21-23)13-7-5-4-6-8-13/h4-8,10,15H,9H2,1-3H3,(H,17,24)/t15-/m1/s1. The van der Waals surface area contributed by atoms with Gasteiger partial charge in [-0.3, -0.25) is 9.48 Å². The van der Waals surface area contributed by atoms with Gasteiger partial charge < -0.3 is 5.32 Å². The molecule has 0 aliphatic heterocycles. The number of nitrogens with one attached hydrogen (secondary N) is 1. The molecule has 1 N–H and O–H groups in total. The van der Waals surface area contributed by atoms with Gasteiger partial charge in [0, 0.05) is 24.8 Å². The maximum atomic E-state index is 12.8. The van der Waals surface area contributed by atoms with E-state index in [1.165, 1.54) is 11.0 Å². The molecule has 0 saturated carbocycles. The number of nitrogens with zero attached hydrogens (tertiary/aromatic N) is 6. The molecule has 0 radical (unpaired) electrons. The number of hydrogen-bond acceptors (Lipinski definition) is 5. The summed E-state index contributed by atoms with van der Waals surface area (Å²) in [7, 11) is 1.89. The van der Waals surface area contributed by atoms with Crippen LogP contribution in [0.15, 0.2) is 36.7 Å². The molecule has 0 saturated heterocycles. The Morgan fingerprint density at radius 2 is 2.00 bits per heavy atom. The summed E-state index contributed by atoms with van der Waals surface area (Å²) in [6.07, 6.45) is 1.44. The molecule has 0 spiro atoms. The van der Waals surface area contributed by atoms with Crippen molar-refractivity contribution in [3.63, 3.8) is 0 Å². The molecule has 0 unspecified atom stereocenters. The van der Waals surface area contributed by atoms with Crippen molar-refractivity contribution in [2.24, 2.45) is 7.05 Å². The molecule has 1 amide bonds. The predicted molar refractivity (Wildman–Crippen MR) is 86.9 cm³/mol. The molecule has 2 aromatic heterocycles. The average Bonchev–Trinajstić information content (AvgIpc) is 3.17. The Balaban J connectivity index is 1.82. The predicted octanol–water partition coefficient (Wildman–Crippen LogP) is 0.929. The SMILES string of the molecule is Cc1nn(C)c(C)c1CNC(=O)[C@@H](c1ccccc1)n1cnnn1. The molecule has 8 nitrogen and oxygen atoms in total. The Bertz CT molecular complexity index is 824. The maximum Gasteiger partial charge on any atom is 0.249 e. The molecule has 1 aromatic carbocycles. The van der Waals surface area contributed by atoms with Crippen molar-refractivity contribution in [2.45, 2.75) is 26.4 Å². The Labute approximate surface area is 139 Å². The molecule has 0 aliphatic carbocycles. The van der Waals surface area contributed by atoms with Gasteiger partial charge in [0.25, 0.3) is 0 Å². The second-order valence-corrected chi connectivity index (χ2v) is 5.59. The second-order valence-electron chi connectivity index (χ2n) is 5.59. The molecule has 1 atom stereocenters. The van der Waals surface area contributed by atoms with Gasteiger partial charge in [0.1, 0.15) is 6.33 Å². The van der Waals surface area contributed by atoms with Gasteiger partial charge in [0.2, 0.25) is 5.91 Å². The normalized spacial score (nSPS) is 12.1. The summed E-state index contributed by atoms with van der Waals surface area (Å²) in [4.78, 5) is 12.8. The fourth-order valence-electron chi connectivity index (χ4n) is 2.69. The maximum absolute atomic E-state index is 12.8. The Hall–Kier alpha value is -3.03.